The summed E-state index contributed by atoms with van der Waals surface area (Å²) in [4.78, 5) is 0. The van der Waals surface area contributed by atoms with Gasteiger partial charge in [-0.2, -0.15) is 0 Å². The highest BCUT2D eigenvalue weighted by Gasteiger charge is 2.14. The summed E-state index contributed by atoms with van der Waals surface area (Å²) in [5, 5.41) is 21.3. The molecular weight excluding hydrogens is 271 g/mol. The van der Waals surface area contributed by atoms with Gasteiger partial charge >= 0.3 is 0 Å². The largest absolute Gasteiger partial charge is 0.508 e. The second kappa shape index (κ2) is 5.32. The molecule has 1 unspecified atom stereocenters. The van der Waals surface area contributed by atoms with Gasteiger partial charge in [-0.05, 0) is 24.6 Å². The van der Waals surface area contributed by atoms with Crippen LogP contribution in [0.1, 0.15) is 18.5 Å². The summed E-state index contributed by atoms with van der Waals surface area (Å²) in [5.74, 6) is -3.72. The maximum atomic E-state index is 13.5. The van der Waals surface area contributed by atoms with E-state index in [1.54, 1.807) is 6.92 Å². The average Bonchev–Trinajstić information content (AvgIpc) is 2.34. The van der Waals surface area contributed by atoms with Crippen molar-refractivity contribution < 1.29 is 23.4 Å². The quantitative estimate of drug-likeness (QED) is 0.753. The predicted octanol–water partition coefficient (Wildman–Crippen LogP) is 3.69. The molecule has 0 aromatic heterocycles. The van der Waals surface area contributed by atoms with Crippen molar-refractivity contribution in [3.8, 4) is 11.5 Å². The van der Waals surface area contributed by atoms with Crippen LogP contribution in [0.25, 0.3) is 0 Å². The minimum Gasteiger partial charge on any atom is -0.508 e. The Morgan fingerprint density at radius 3 is 2.15 bits per heavy atom. The van der Waals surface area contributed by atoms with E-state index in [0.29, 0.717) is 11.6 Å². The summed E-state index contributed by atoms with van der Waals surface area (Å²) in [7, 11) is 0. The number of hydrogen-bond acceptors (Lipinski definition) is 3. The van der Waals surface area contributed by atoms with Gasteiger partial charge in [0, 0.05) is 24.2 Å². The van der Waals surface area contributed by atoms with Crippen molar-refractivity contribution in [1.29, 1.82) is 0 Å². The van der Waals surface area contributed by atoms with Gasteiger partial charge in [0.25, 0.3) is 0 Å². The monoisotopic (exact) mass is 283 g/mol. The fourth-order valence-electron chi connectivity index (χ4n) is 1.85. The number of phenols is 2. The molecule has 0 heterocycles. The molecule has 20 heavy (non-hydrogen) atoms. The Morgan fingerprint density at radius 2 is 1.55 bits per heavy atom. The molecule has 0 aliphatic rings. The summed E-state index contributed by atoms with van der Waals surface area (Å²) in [6.45, 7) is 1.59. The van der Waals surface area contributed by atoms with E-state index < -0.39 is 23.5 Å². The second-order valence-electron chi connectivity index (χ2n) is 4.40. The van der Waals surface area contributed by atoms with E-state index in [1.165, 1.54) is 12.1 Å². The molecule has 0 bridgehead atoms. The van der Waals surface area contributed by atoms with Crippen LogP contribution in [0.2, 0.25) is 0 Å². The molecule has 0 saturated heterocycles. The van der Waals surface area contributed by atoms with Gasteiger partial charge < -0.3 is 15.5 Å². The van der Waals surface area contributed by atoms with E-state index in [-0.39, 0.29) is 17.2 Å². The number of nitrogens with one attached hydrogen (secondary N) is 1. The summed E-state index contributed by atoms with van der Waals surface area (Å²) in [6, 6.07) is 4.54. The lowest BCUT2D eigenvalue weighted by Crippen LogP contribution is -2.09. The van der Waals surface area contributed by atoms with Gasteiger partial charge in [0.15, 0.2) is 11.6 Å². The summed E-state index contributed by atoms with van der Waals surface area (Å²) < 4.78 is 39.7. The Kier molecular flexibility index (Phi) is 3.74. The number of phenolic OH excluding ortho intramolecular Hbond substituents is 2. The van der Waals surface area contributed by atoms with Crippen LogP contribution in [-0.4, -0.2) is 10.2 Å². The third kappa shape index (κ3) is 2.96. The van der Waals surface area contributed by atoms with Crippen LogP contribution in [0.5, 0.6) is 11.5 Å². The fraction of sp³-hybridized carbons (Fsp3) is 0.143. The van der Waals surface area contributed by atoms with E-state index in [4.69, 9.17) is 0 Å². The lowest BCUT2D eigenvalue weighted by Gasteiger charge is -2.17. The first-order valence-electron chi connectivity index (χ1n) is 5.81. The molecule has 2 aromatic carbocycles. The molecule has 0 aliphatic carbocycles. The van der Waals surface area contributed by atoms with E-state index in [9.17, 15) is 23.4 Å². The predicted molar refractivity (Wildman–Crippen MR) is 68.1 cm³/mol. The van der Waals surface area contributed by atoms with Gasteiger partial charge in [0.1, 0.15) is 17.3 Å². The highest BCUT2D eigenvalue weighted by molar-refractivity contribution is 5.49. The van der Waals surface area contributed by atoms with Gasteiger partial charge in [0.2, 0.25) is 0 Å². The molecule has 3 N–H and O–H groups in total. The number of rotatable bonds is 3. The van der Waals surface area contributed by atoms with Crippen LogP contribution in [0.4, 0.5) is 18.9 Å². The van der Waals surface area contributed by atoms with E-state index in [0.717, 1.165) is 12.1 Å². The third-order valence-electron chi connectivity index (χ3n) is 2.79. The van der Waals surface area contributed by atoms with Gasteiger partial charge in [-0.25, -0.2) is 13.2 Å². The van der Waals surface area contributed by atoms with Crippen LogP contribution in [0, 0.1) is 17.5 Å². The summed E-state index contributed by atoms with van der Waals surface area (Å²) in [6.07, 6.45) is 0. The van der Waals surface area contributed by atoms with Crippen molar-refractivity contribution in [2.75, 3.05) is 5.32 Å². The van der Waals surface area contributed by atoms with Gasteiger partial charge in [-0.15, -0.1) is 0 Å². The van der Waals surface area contributed by atoms with Crippen LogP contribution >= 0.6 is 0 Å². The molecule has 0 aliphatic heterocycles. The number of anilines is 1. The first kappa shape index (κ1) is 14.0. The topological polar surface area (TPSA) is 52.5 Å². The minimum atomic E-state index is -1.29. The van der Waals surface area contributed by atoms with Crippen LogP contribution < -0.4 is 5.32 Å². The molecule has 0 fully saturated rings. The van der Waals surface area contributed by atoms with Crippen LogP contribution in [-0.2, 0) is 0 Å². The van der Waals surface area contributed by atoms with Crippen molar-refractivity contribution in [1.82, 2.24) is 0 Å². The first-order chi connectivity index (χ1) is 9.36. The molecule has 2 aromatic rings. The van der Waals surface area contributed by atoms with Crippen molar-refractivity contribution in [3.05, 3.63) is 53.3 Å². The molecule has 0 spiro atoms. The Morgan fingerprint density at radius 1 is 0.950 bits per heavy atom. The van der Waals surface area contributed by atoms with Crippen molar-refractivity contribution in [3.63, 3.8) is 0 Å². The number of hydrogen-bond donors (Lipinski definition) is 3. The molecule has 2 rings (SSSR count). The zero-order chi connectivity index (χ0) is 14.9. The smallest absolute Gasteiger partial charge is 0.182 e. The van der Waals surface area contributed by atoms with Crippen LogP contribution in [0.3, 0.4) is 0 Å². The molecule has 0 radical (unpaired) electrons. The number of benzene rings is 2. The zero-order valence-electron chi connectivity index (χ0n) is 10.5. The lowest BCUT2D eigenvalue weighted by atomic mass is 10.1. The lowest BCUT2D eigenvalue weighted by molar-refractivity contribution is 0.448. The van der Waals surface area contributed by atoms with E-state index in [2.05, 4.69) is 5.32 Å². The Balaban J connectivity index is 2.30. The highest BCUT2D eigenvalue weighted by Crippen LogP contribution is 2.28. The molecular formula is C14H12F3NO2. The molecule has 1 atom stereocenters. The first-order valence-corrected chi connectivity index (χ1v) is 5.81. The fourth-order valence-corrected chi connectivity index (χ4v) is 1.85. The average molecular weight is 283 g/mol. The van der Waals surface area contributed by atoms with Crippen molar-refractivity contribution in [2.45, 2.75) is 13.0 Å². The standard InChI is InChI=1S/C14H12F3NO2/c1-7(8-2-10(19)6-11(20)3-8)18-13-5-9(15)4-12(16)14(13)17/h2-7,18-20H,1H3. The van der Waals surface area contributed by atoms with Gasteiger partial charge in [0.05, 0.1) is 5.69 Å². The zero-order valence-corrected chi connectivity index (χ0v) is 10.5. The molecule has 0 amide bonds. The Bertz CT molecular complexity index is 626. The van der Waals surface area contributed by atoms with E-state index >= 15 is 0 Å². The molecule has 3 nitrogen and oxygen atoms in total. The number of halogens is 3. The summed E-state index contributed by atoms with van der Waals surface area (Å²) >= 11 is 0. The number of aromatic hydroxyl groups is 2. The third-order valence-corrected chi connectivity index (χ3v) is 2.79. The van der Waals surface area contributed by atoms with Crippen molar-refractivity contribution >= 4 is 5.69 Å². The minimum absolute atomic E-state index is 0.167. The molecule has 0 saturated carbocycles. The maximum Gasteiger partial charge on any atom is 0.182 e. The molecule has 6 heteroatoms. The van der Waals surface area contributed by atoms with E-state index in [1.807, 2.05) is 0 Å². The Labute approximate surface area is 113 Å². The van der Waals surface area contributed by atoms with Gasteiger partial charge in [-0.1, -0.05) is 0 Å². The van der Waals surface area contributed by atoms with Crippen molar-refractivity contribution in [2.24, 2.45) is 0 Å². The second-order valence-corrected chi connectivity index (χ2v) is 4.40. The highest BCUT2D eigenvalue weighted by atomic mass is 19.2. The summed E-state index contributed by atoms with van der Waals surface area (Å²) in [5.41, 5.74) is 0.101. The Hall–Kier alpha value is -2.37. The maximum absolute atomic E-state index is 13.5. The normalized spacial score (nSPS) is 12.2. The molecule has 106 valence electrons. The van der Waals surface area contributed by atoms with Crippen LogP contribution in [0.15, 0.2) is 30.3 Å². The van der Waals surface area contributed by atoms with Gasteiger partial charge in [-0.3, -0.25) is 0 Å². The SMILES string of the molecule is CC(Nc1cc(F)cc(F)c1F)c1cc(O)cc(O)c1.